The fraction of sp³-hybridized carbons (Fsp3) is 1.00. The first-order chi connectivity index (χ1) is 9.32. The number of methoxy groups -OCH3 is 1. The van der Waals surface area contributed by atoms with E-state index in [4.69, 9.17) is 9.47 Å². The summed E-state index contributed by atoms with van der Waals surface area (Å²) in [6.07, 6.45) is 1.16. The molecule has 0 aliphatic carbocycles. The van der Waals surface area contributed by atoms with Crippen LogP contribution in [0.4, 0.5) is 0 Å². The van der Waals surface area contributed by atoms with Crippen molar-refractivity contribution in [3.63, 3.8) is 0 Å². The molecule has 0 bridgehead atoms. The van der Waals surface area contributed by atoms with Gasteiger partial charge in [-0.3, -0.25) is 4.90 Å². The van der Waals surface area contributed by atoms with Gasteiger partial charge in [-0.15, -0.1) is 0 Å². The summed E-state index contributed by atoms with van der Waals surface area (Å²) in [5.74, 6) is 0. The number of nitrogens with zero attached hydrogens (tertiary/aromatic N) is 1. The Balaban J connectivity index is 2.54. The van der Waals surface area contributed by atoms with Crippen LogP contribution in [0.5, 0.6) is 0 Å². The predicted molar refractivity (Wildman–Crippen MR) is 84.2 cm³/mol. The van der Waals surface area contributed by atoms with E-state index in [2.05, 4.69) is 44.8 Å². The van der Waals surface area contributed by atoms with Gasteiger partial charge in [-0.2, -0.15) is 0 Å². The second kappa shape index (κ2) is 7.74. The van der Waals surface area contributed by atoms with E-state index in [1.54, 1.807) is 7.11 Å². The molecule has 1 rings (SSSR count). The molecule has 0 aromatic rings. The number of nitrogens with one attached hydrogen (secondary N) is 1. The number of ether oxygens (including phenoxy) is 2. The molecule has 1 saturated heterocycles. The Labute approximate surface area is 125 Å². The molecule has 0 amide bonds. The number of hydrogen-bond donors (Lipinski definition) is 1. The second-order valence-corrected chi connectivity index (χ2v) is 7.25. The van der Waals surface area contributed by atoms with Crippen LogP contribution in [-0.2, 0) is 9.47 Å². The molecule has 0 aromatic carbocycles. The summed E-state index contributed by atoms with van der Waals surface area (Å²) in [6, 6.07) is 0.563. The van der Waals surface area contributed by atoms with Crippen LogP contribution < -0.4 is 5.32 Å². The van der Waals surface area contributed by atoms with Crippen LogP contribution in [0.1, 0.15) is 41.0 Å². The molecule has 120 valence electrons. The fourth-order valence-corrected chi connectivity index (χ4v) is 2.84. The monoisotopic (exact) mass is 286 g/mol. The van der Waals surface area contributed by atoms with Crippen LogP contribution in [0.15, 0.2) is 0 Å². The molecule has 0 aromatic heterocycles. The Morgan fingerprint density at radius 2 is 1.95 bits per heavy atom. The number of piperazine rings is 1. The van der Waals surface area contributed by atoms with Crippen molar-refractivity contribution < 1.29 is 9.47 Å². The minimum Gasteiger partial charge on any atom is -0.382 e. The van der Waals surface area contributed by atoms with E-state index >= 15 is 0 Å². The summed E-state index contributed by atoms with van der Waals surface area (Å²) in [5, 5.41) is 3.74. The summed E-state index contributed by atoms with van der Waals surface area (Å²) in [6.45, 7) is 16.9. The van der Waals surface area contributed by atoms with Crippen molar-refractivity contribution in [2.24, 2.45) is 5.41 Å². The van der Waals surface area contributed by atoms with Crippen molar-refractivity contribution in [1.29, 1.82) is 0 Å². The Bertz CT molecular complexity index is 278. The van der Waals surface area contributed by atoms with Crippen molar-refractivity contribution in [3.8, 4) is 0 Å². The summed E-state index contributed by atoms with van der Waals surface area (Å²) in [7, 11) is 1.71. The average Bonchev–Trinajstić information content (AvgIpc) is 2.37. The van der Waals surface area contributed by atoms with Crippen molar-refractivity contribution in [3.05, 3.63) is 0 Å². The van der Waals surface area contributed by atoms with Gasteiger partial charge in [-0.05, 0) is 18.8 Å². The zero-order valence-electron chi connectivity index (χ0n) is 14.3. The maximum absolute atomic E-state index is 5.65. The van der Waals surface area contributed by atoms with E-state index in [0.29, 0.717) is 19.3 Å². The minimum atomic E-state index is 0.230. The SMILES string of the molecule is CCC1(C)CN(CCOCCOC)C(C(C)(C)C)CN1. The third-order valence-electron chi connectivity index (χ3n) is 4.45. The summed E-state index contributed by atoms with van der Waals surface area (Å²) < 4.78 is 10.7. The van der Waals surface area contributed by atoms with Gasteiger partial charge in [0.2, 0.25) is 0 Å². The molecule has 1 aliphatic heterocycles. The molecule has 2 unspecified atom stereocenters. The first-order valence-electron chi connectivity index (χ1n) is 7.88. The third-order valence-corrected chi connectivity index (χ3v) is 4.45. The molecule has 4 heteroatoms. The zero-order chi connectivity index (χ0) is 15.2. The highest BCUT2D eigenvalue weighted by atomic mass is 16.5. The average molecular weight is 286 g/mol. The molecular formula is C16H34N2O2. The number of rotatable bonds is 7. The Morgan fingerprint density at radius 1 is 1.25 bits per heavy atom. The summed E-state index contributed by atoms with van der Waals surface area (Å²) in [4.78, 5) is 2.60. The van der Waals surface area contributed by atoms with Gasteiger partial charge in [0, 0.05) is 38.3 Å². The van der Waals surface area contributed by atoms with Crippen LogP contribution >= 0.6 is 0 Å². The van der Waals surface area contributed by atoms with Crippen LogP contribution in [-0.4, -0.2) is 63.0 Å². The molecule has 20 heavy (non-hydrogen) atoms. The van der Waals surface area contributed by atoms with E-state index in [0.717, 1.165) is 32.7 Å². The van der Waals surface area contributed by atoms with Crippen LogP contribution in [0.25, 0.3) is 0 Å². The fourth-order valence-electron chi connectivity index (χ4n) is 2.84. The van der Waals surface area contributed by atoms with Gasteiger partial charge >= 0.3 is 0 Å². The highest BCUT2D eigenvalue weighted by Gasteiger charge is 2.39. The van der Waals surface area contributed by atoms with Crippen LogP contribution in [0.3, 0.4) is 0 Å². The highest BCUT2D eigenvalue weighted by Crippen LogP contribution is 2.29. The van der Waals surface area contributed by atoms with Gasteiger partial charge in [0.1, 0.15) is 0 Å². The van der Waals surface area contributed by atoms with Gasteiger partial charge < -0.3 is 14.8 Å². The first-order valence-corrected chi connectivity index (χ1v) is 7.88. The quantitative estimate of drug-likeness (QED) is 0.727. The van der Waals surface area contributed by atoms with Gasteiger partial charge in [-0.1, -0.05) is 27.7 Å². The van der Waals surface area contributed by atoms with E-state index in [1.807, 2.05) is 0 Å². The molecule has 1 N–H and O–H groups in total. The van der Waals surface area contributed by atoms with Crippen LogP contribution in [0, 0.1) is 5.41 Å². The Hall–Kier alpha value is -0.160. The van der Waals surface area contributed by atoms with Crippen LogP contribution in [0.2, 0.25) is 0 Å². The molecular weight excluding hydrogens is 252 g/mol. The molecule has 0 spiro atoms. The van der Waals surface area contributed by atoms with E-state index < -0.39 is 0 Å². The van der Waals surface area contributed by atoms with Crippen molar-refractivity contribution in [2.75, 3.05) is 46.6 Å². The van der Waals surface area contributed by atoms with Crippen molar-refractivity contribution in [2.45, 2.75) is 52.6 Å². The Morgan fingerprint density at radius 3 is 2.50 bits per heavy atom. The smallest absolute Gasteiger partial charge is 0.0700 e. The maximum Gasteiger partial charge on any atom is 0.0700 e. The molecule has 0 radical (unpaired) electrons. The second-order valence-electron chi connectivity index (χ2n) is 7.25. The third kappa shape index (κ3) is 5.32. The lowest BCUT2D eigenvalue weighted by Crippen LogP contribution is -2.65. The lowest BCUT2D eigenvalue weighted by atomic mass is 9.81. The molecule has 1 fully saturated rings. The molecule has 0 saturated carbocycles. The Kier molecular flexibility index (Phi) is 6.92. The first kappa shape index (κ1) is 17.9. The predicted octanol–water partition coefficient (Wildman–Crippen LogP) is 2.14. The van der Waals surface area contributed by atoms with E-state index in [-0.39, 0.29) is 11.0 Å². The molecule has 1 aliphatic rings. The number of hydrogen-bond acceptors (Lipinski definition) is 4. The lowest BCUT2D eigenvalue weighted by Gasteiger charge is -2.50. The standard InChI is InChI=1S/C16H34N2O2/c1-7-16(5)13-18(8-9-20-11-10-19-6)14(12-17-16)15(2,3)4/h14,17H,7-13H2,1-6H3. The van der Waals surface area contributed by atoms with Gasteiger partial charge in [0.25, 0.3) is 0 Å². The molecule has 4 nitrogen and oxygen atoms in total. The summed E-state index contributed by atoms with van der Waals surface area (Å²) in [5.41, 5.74) is 0.517. The topological polar surface area (TPSA) is 33.7 Å². The van der Waals surface area contributed by atoms with Crippen molar-refractivity contribution >= 4 is 0 Å². The van der Waals surface area contributed by atoms with Gasteiger partial charge in [0.15, 0.2) is 0 Å². The van der Waals surface area contributed by atoms with E-state index in [1.165, 1.54) is 0 Å². The lowest BCUT2D eigenvalue weighted by molar-refractivity contribution is -0.00321. The maximum atomic E-state index is 5.65. The van der Waals surface area contributed by atoms with E-state index in [9.17, 15) is 0 Å². The zero-order valence-corrected chi connectivity index (χ0v) is 14.3. The largest absolute Gasteiger partial charge is 0.382 e. The minimum absolute atomic E-state index is 0.230. The highest BCUT2D eigenvalue weighted by molar-refractivity contribution is 4.98. The normalized spacial score (nSPS) is 28.8. The molecule has 2 atom stereocenters. The van der Waals surface area contributed by atoms with Gasteiger partial charge in [0.05, 0.1) is 19.8 Å². The van der Waals surface area contributed by atoms with Gasteiger partial charge in [-0.25, -0.2) is 0 Å². The van der Waals surface area contributed by atoms with Crippen molar-refractivity contribution in [1.82, 2.24) is 10.2 Å². The summed E-state index contributed by atoms with van der Waals surface area (Å²) >= 11 is 0. The molecule has 1 heterocycles.